The number of fused-ring (bicyclic) bond motifs is 1. The van der Waals surface area contributed by atoms with Gasteiger partial charge in [0.15, 0.2) is 6.61 Å². The summed E-state index contributed by atoms with van der Waals surface area (Å²) >= 11 is 0. The lowest BCUT2D eigenvalue weighted by Gasteiger charge is -2.11. The molecule has 0 saturated carbocycles. The highest BCUT2D eigenvalue weighted by molar-refractivity contribution is 5.92. The summed E-state index contributed by atoms with van der Waals surface area (Å²) in [5, 5.41) is 3.67. The van der Waals surface area contributed by atoms with Crippen LogP contribution in [0.25, 0.3) is 22.1 Å². The number of nitrogens with one attached hydrogen (secondary N) is 1. The summed E-state index contributed by atoms with van der Waals surface area (Å²) in [5.74, 6) is 0.378. The molecule has 5 heteroatoms. The van der Waals surface area contributed by atoms with Gasteiger partial charge in [0.25, 0.3) is 5.91 Å². The molecule has 0 radical (unpaired) electrons. The first-order valence-electron chi connectivity index (χ1n) is 9.22. The van der Waals surface area contributed by atoms with Crippen molar-refractivity contribution in [1.29, 1.82) is 0 Å². The lowest BCUT2D eigenvalue weighted by atomic mass is 10.0. The Kier molecular flexibility index (Phi) is 5.12. The van der Waals surface area contributed by atoms with Gasteiger partial charge in [-0.05, 0) is 54.4 Å². The van der Waals surface area contributed by atoms with Crippen molar-refractivity contribution < 1.29 is 13.9 Å². The Morgan fingerprint density at radius 2 is 1.69 bits per heavy atom. The number of para-hydroxylation sites is 2. The van der Waals surface area contributed by atoms with Crippen LogP contribution in [-0.4, -0.2) is 12.5 Å². The molecule has 0 atom stereocenters. The second kappa shape index (κ2) is 8.02. The van der Waals surface area contributed by atoms with Gasteiger partial charge in [0.05, 0.1) is 5.56 Å². The number of hydrogen-bond acceptors (Lipinski definition) is 4. The number of ether oxygens (including phenoxy) is 1. The maximum Gasteiger partial charge on any atom is 0.344 e. The minimum Gasteiger partial charge on any atom is -0.484 e. The minimum absolute atomic E-state index is 0.0843. The zero-order valence-electron chi connectivity index (χ0n) is 15.8. The molecule has 1 heterocycles. The van der Waals surface area contributed by atoms with Crippen LogP contribution in [0.5, 0.6) is 5.75 Å². The lowest BCUT2D eigenvalue weighted by molar-refractivity contribution is -0.118. The first kappa shape index (κ1) is 18.5. The fourth-order valence-electron chi connectivity index (χ4n) is 3.16. The standard InChI is InChI=1S/C24H19NO4/c1-16-13-18(25-23(26)15-28-19-8-3-2-4-9-19)11-12-20(16)21-14-17-7-5-6-10-22(17)29-24(21)27/h2-14H,15H2,1H3,(H,25,26). The maximum absolute atomic E-state index is 12.4. The molecule has 0 bridgehead atoms. The van der Waals surface area contributed by atoms with Crippen molar-refractivity contribution in [2.24, 2.45) is 0 Å². The highest BCUT2D eigenvalue weighted by Crippen LogP contribution is 2.26. The third kappa shape index (κ3) is 4.19. The SMILES string of the molecule is Cc1cc(NC(=O)COc2ccccc2)ccc1-c1cc2ccccc2oc1=O. The van der Waals surface area contributed by atoms with Gasteiger partial charge < -0.3 is 14.5 Å². The number of hydrogen-bond donors (Lipinski definition) is 1. The van der Waals surface area contributed by atoms with Gasteiger partial charge in [-0.1, -0.05) is 42.5 Å². The number of carbonyl (C=O) groups is 1. The van der Waals surface area contributed by atoms with Gasteiger partial charge in [-0.15, -0.1) is 0 Å². The van der Waals surface area contributed by atoms with Crippen LogP contribution in [0.3, 0.4) is 0 Å². The van der Waals surface area contributed by atoms with Crippen LogP contribution >= 0.6 is 0 Å². The van der Waals surface area contributed by atoms with E-state index >= 15 is 0 Å². The number of carbonyl (C=O) groups excluding carboxylic acids is 1. The van der Waals surface area contributed by atoms with Crippen molar-refractivity contribution in [3.05, 3.63) is 94.8 Å². The fraction of sp³-hybridized carbons (Fsp3) is 0.0833. The molecule has 4 aromatic rings. The van der Waals surface area contributed by atoms with Crippen LogP contribution in [0.15, 0.2) is 88.1 Å². The molecular formula is C24H19NO4. The van der Waals surface area contributed by atoms with E-state index < -0.39 is 0 Å². The zero-order valence-corrected chi connectivity index (χ0v) is 15.8. The lowest BCUT2D eigenvalue weighted by Crippen LogP contribution is -2.20. The summed E-state index contributed by atoms with van der Waals surface area (Å²) in [6.07, 6.45) is 0. The van der Waals surface area contributed by atoms with Gasteiger partial charge >= 0.3 is 5.63 Å². The molecule has 1 amide bonds. The number of aryl methyl sites for hydroxylation is 1. The van der Waals surface area contributed by atoms with Crippen molar-refractivity contribution in [2.45, 2.75) is 6.92 Å². The summed E-state index contributed by atoms with van der Waals surface area (Å²) in [7, 11) is 0. The third-order valence-corrected chi connectivity index (χ3v) is 4.55. The highest BCUT2D eigenvalue weighted by Gasteiger charge is 2.11. The third-order valence-electron chi connectivity index (χ3n) is 4.55. The van der Waals surface area contributed by atoms with Crippen molar-refractivity contribution in [2.75, 3.05) is 11.9 Å². The second-order valence-corrected chi connectivity index (χ2v) is 6.66. The van der Waals surface area contributed by atoms with Gasteiger partial charge in [0.1, 0.15) is 11.3 Å². The molecular weight excluding hydrogens is 366 g/mol. The molecule has 0 spiro atoms. The van der Waals surface area contributed by atoms with E-state index in [0.717, 1.165) is 16.5 Å². The van der Waals surface area contributed by atoms with E-state index in [-0.39, 0.29) is 18.1 Å². The summed E-state index contributed by atoms with van der Waals surface area (Å²) < 4.78 is 10.9. The molecule has 0 aliphatic heterocycles. The largest absolute Gasteiger partial charge is 0.484 e. The summed E-state index contributed by atoms with van der Waals surface area (Å²) in [4.78, 5) is 24.6. The van der Waals surface area contributed by atoms with Crippen LogP contribution in [-0.2, 0) is 4.79 Å². The minimum atomic E-state index is -0.389. The number of amides is 1. The monoisotopic (exact) mass is 385 g/mol. The summed E-state index contributed by atoms with van der Waals surface area (Å²) in [5.41, 5.74) is 2.92. The highest BCUT2D eigenvalue weighted by atomic mass is 16.5. The Morgan fingerprint density at radius 3 is 2.48 bits per heavy atom. The molecule has 1 aromatic heterocycles. The van der Waals surface area contributed by atoms with Crippen LogP contribution in [0.4, 0.5) is 5.69 Å². The molecule has 144 valence electrons. The molecule has 29 heavy (non-hydrogen) atoms. The van der Waals surface area contributed by atoms with Gasteiger partial charge in [0, 0.05) is 11.1 Å². The molecule has 0 saturated heterocycles. The molecule has 0 aliphatic rings. The average Bonchev–Trinajstić information content (AvgIpc) is 2.73. The van der Waals surface area contributed by atoms with E-state index in [4.69, 9.17) is 9.15 Å². The van der Waals surface area contributed by atoms with Crippen LogP contribution < -0.4 is 15.7 Å². The van der Waals surface area contributed by atoms with Crippen molar-refractivity contribution in [1.82, 2.24) is 0 Å². The van der Waals surface area contributed by atoms with E-state index in [2.05, 4.69) is 5.32 Å². The molecule has 4 rings (SSSR count). The van der Waals surface area contributed by atoms with E-state index in [1.54, 1.807) is 24.3 Å². The first-order chi connectivity index (χ1) is 14.1. The van der Waals surface area contributed by atoms with Crippen molar-refractivity contribution in [3.8, 4) is 16.9 Å². The number of benzene rings is 3. The topological polar surface area (TPSA) is 68.5 Å². The predicted molar refractivity (Wildman–Crippen MR) is 113 cm³/mol. The van der Waals surface area contributed by atoms with Crippen molar-refractivity contribution >= 4 is 22.6 Å². The Balaban J connectivity index is 1.51. The summed E-state index contributed by atoms with van der Waals surface area (Å²) in [6.45, 7) is 1.80. The molecule has 1 N–H and O–H groups in total. The normalized spacial score (nSPS) is 10.7. The van der Waals surface area contributed by atoms with E-state index in [1.807, 2.05) is 61.5 Å². The van der Waals surface area contributed by atoms with Gasteiger partial charge in [-0.25, -0.2) is 4.79 Å². The molecule has 0 unspecified atom stereocenters. The van der Waals surface area contributed by atoms with E-state index in [0.29, 0.717) is 22.6 Å². The molecule has 0 fully saturated rings. The van der Waals surface area contributed by atoms with Gasteiger partial charge in [-0.2, -0.15) is 0 Å². The van der Waals surface area contributed by atoms with Crippen LogP contribution in [0.2, 0.25) is 0 Å². The number of rotatable bonds is 5. The van der Waals surface area contributed by atoms with Crippen LogP contribution in [0.1, 0.15) is 5.56 Å². The summed E-state index contributed by atoms with van der Waals surface area (Å²) in [6, 6.07) is 23.8. The Labute approximate surface area is 167 Å². The Bertz CT molecular complexity index is 1230. The molecule has 0 aliphatic carbocycles. The zero-order chi connectivity index (χ0) is 20.2. The Morgan fingerprint density at radius 1 is 0.931 bits per heavy atom. The fourth-order valence-corrected chi connectivity index (χ4v) is 3.16. The molecule has 5 nitrogen and oxygen atoms in total. The van der Waals surface area contributed by atoms with Crippen molar-refractivity contribution in [3.63, 3.8) is 0 Å². The second-order valence-electron chi connectivity index (χ2n) is 6.66. The van der Waals surface area contributed by atoms with Crippen LogP contribution in [0, 0.1) is 6.92 Å². The van der Waals surface area contributed by atoms with E-state index in [9.17, 15) is 9.59 Å². The van der Waals surface area contributed by atoms with Gasteiger partial charge in [-0.3, -0.25) is 4.79 Å². The quantitative estimate of drug-likeness (QED) is 0.502. The smallest absolute Gasteiger partial charge is 0.344 e. The molecule has 3 aromatic carbocycles. The predicted octanol–water partition coefficient (Wildman–Crippen LogP) is 4.79. The average molecular weight is 385 g/mol. The number of anilines is 1. The maximum atomic E-state index is 12.4. The van der Waals surface area contributed by atoms with Gasteiger partial charge in [0.2, 0.25) is 0 Å². The Hall–Kier alpha value is -3.86. The first-order valence-corrected chi connectivity index (χ1v) is 9.22. The van der Waals surface area contributed by atoms with E-state index in [1.165, 1.54) is 0 Å².